The van der Waals surface area contributed by atoms with E-state index in [4.69, 9.17) is 0 Å². The third-order valence-electron chi connectivity index (χ3n) is 6.22. The first-order chi connectivity index (χ1) is 14.7. The molecule has 0 aliphatic carbocycles. The number of nitrogens with zero attached hydrogens (tertiary/aromatic N) is 3. The molecule has 2 aliphatic heterocycles. The van der Waals surface area contributed by atoms with Crippen LogP contribution in [0.5, 0.6) is 5.75 Å². The van der Waals surface area contributed by atoms with E-state index in [0.29, 0.717) is 19.5 Å². The minimum atomic E-state index is -0.824. The van der Waals surface area contributed by atoms with Crippen LogP contribution < -0.4 is 5.43 Å². The highest BCUT2D eigenvalue weighted by molar-refractivity contribution is 6.00. The Labute approximate surface area is 179 Å². The zero-order chi connectivity index (χ0) is 22.4. The molecule has 1 N–H and O–H groups in total. The van der Waals surface area contributed by atoms with Crippen molar-refractivity contribution in [2.45, 2.75) is 58.4 Å². The number of aryl methyl sites for hydroxylation is 1. The number of ketones is 1. The molecule has 1 aromatic heterocycles. The molecular formula is C23H26FN3O4. The van der Waals surface area contributed by atoms with Gasteiger partial charge in [-0.1, -0.05) is 12.1 Å². The topological polar surface area (TPSA) is 82.8 Å². The van der Waals surface area contributed by atoms with E-state index in [0.717, 1.165) is 5.56 Å². The van der Waals surface area contributed by atoms with Crippen molar-refractivity contribution in [2.75, 3.05) is 6.54 Å². The van der Waals surface area contributed by atoms with Crippen LogP contribution in [0.2, 0.25) is 0 Å². The number of aromatic hydroxyl groups is 1. The van der Waals surface area contributed by atoms with E-state index in [1.54, 1.807) is 21.6 Å². The first-order valence-electron chi connectivity index (χ1n) is 10.5. The molecule has 2 aliphatic rings. The average molecular weight is 427 g/mol. The predicted molar refractivity (Wildman–Crippen MR) is 113 cm³/mol. The van der Waals surface area contributed by atoms with Crippen LogP contribution in [-0.2, 0) is 13.0 Å². The molecule has 0 radical (unpaired) electrons. The highest BCUT2D eigenvalue weighted by Gasteiger charge is 2.46. The van der Waals surface area contributed by atoms with Crippen molar-refractivity contribution in [1.29, 1.82) is 0 Å². The molecule has 2 atom stereocenters. The Morgan fingerprint density at radius 3 is 2.52 bits per heavy atom. The number of fused-ring (bicyclic) bond motifs is 2. The molecule has 164 valence electrons. The van der Waals surface area contributed by atoms with Crippen LogP contribution in [0.1, 0.15) is 53.6 Å². The predicted octanol–water partition coefficient (Wildman–Crippen LogP) is 2.40. The number of rotatable bonds is 5. The van der Waals surface area contributed by atoms with Gasteiger partial charge in [0.1, 0.15) is 12.0 Å². The lowest BCUT2D eigenvalue weighted by atomic mass is 10.0. The van der Waals surface area contributed by atoms with Crippen molar-refractivity contribution in [1.82, 2.24) is 14.4 Å². The number of halogens is 1. The summed E-state index contributed by atoms with van der Waals surface area (Å²) in [5.74, 6) is -1.85. The standard InChI is InChI=1S/C23H26FN3O4/c1-13(2)26-10-14(3)27-19(26)12-25-11-17(21(29)22(30)20(25)23(27)31)18(28)9-6-15-4-7-16(24)8-5-15/h4-5,7-8,11,13-14,19,30H,6,9-10,12H2,1-3H3/t14-,19-/m1/s1. The van der Waals surface area contributed by atoms with Crippen LogP contribution in [0.15, 0.2) is 35.3 Å². The van der Waals surface area contributed by atoms with E-state index in [1.165, 1.54) is 18.3 Å². The Balaban J connectivity index is 1.64. The van der Waals surface area contributed by atoms with Crippen molar-refractivity contribution >= 4 is 11.7 Å². The van der Waals surface area contributed by atoms with Gasteiger partial charge in [0.2, 0.25) is 5.43 Å². The van der Waals surface area contributed by atoms with Gasteiger partial charge in [0.25, 0.3) is 5.91 Å². The van der Waals surface area contributed by atoms with Crippen LogP contribution in [0, 0.1) is 5.82 Å². The molecule has 0 unspecified atom stereocenters. The number of hydrogen-bond acceptors (Lipinski definition) is 5. The van der Waals surface area contributed by atoms with Gasteiger partial charge in [-0.15, -0.1) is 0 Å². The molecule has 1 saturated heterocycles. The lowest BCUT2D eigenvalue weighted by Crippen LogP contribution is -2.53. The Kier molecular flexibility index (Phi) is 5.43. The van der Waals surface area contributed by atoms with Gasteiger partial charge in [0, 0.05) is 31.2 Å². The van der Waals surface area contributed by atoms with Crippen molar-refractivity contribution < 1.29 is 19.1 Å². The maximum Gasteiger partial charge on any atom is 0.276 e. The van der Waals surface area contributed by atoms with Crippen molar-refractivity contribution in [2.24, 2.45) is 0 Å². The fraction of sp³-hybridized carbons (Fsp3) is 0.435. The Morgan fingerprint density at radius 1 is 1.19 bits per heavy atom. The molecule has 31 heavy (non-hydrogen) atoms. The highest BCUT2D eigenvalue weighted by Crippen LogP contribution is 2.32. The second-order valence-corrected chi connectivity index (χ2v) is 8.60. The second kappa shape index (κ2) is 7.92. The quantitative estimate of drug-likeness (QED) is 0.741. The number of Topliss-reactive ketones (excluding diaryl/α,β-unsaturated/α-hetero) is 1. The maximum absolute atomic E-state index is 13.1. The second-order valence-electron chi connectivity index (χ2n) is 8.60. The lowest BCUT2D eigenvalue weighted by Gasteiger charge is -2.38. The number of benzene rings is 1. The van der Waals surface area contributed by atoms with E-state index >= 15 is 0 Å². The molecule has 2 aromatic rings. The summed E-state index contributed by atoms with van der Waals surface area (Å²) in [7, 11) is 0. The van der Waals surface area contributed by atoms with Crippen molar-refractivity contribution in [3.8, 4) is 5.75 Å². The number of hydrogen-bond donors (Lipinski definition) is 1. The summed E-state index contributed by atoms with van der Waals surface area (Å²) in [6, 6.07) is 6.00. The maximum atomic E-state index is 13.1. The summed E-state index contributed by atoms with van der Waals surface area (Å²) < 4.78 is 14.6. The van der Waals surface area contributed by atoms with Crippen LogP contribution >= 0.6 is 0 Å². The summed E-state index contributed by atoms with van der Waals surface area (Å²) in [6.45, 7) is 7.14. The number of pyridine rings is 1. The lowest BCUT2D eigenvalue weighted by molar-refractivity contribution is 0.0404. The fourth-order valence-electron chi connectivity index (χ4n) is 4.61. The average Bonchev–Trinajstić information content (AvgIpc) is 3.06. The van der Waals surface area contributed by atoms with Gasteiger partial charge in [-0.25, -0.2) is 4.39 Å². The first-order valence-corrected chi connectivity index (χ1v) is 10.5. The Bertz CT molecular complexity index is 1090. The first kappa shape index (κ1) is 21.2. The molecule has 7 nitrogen and oxygen atoms in total. The smallest absolute Gasteiger partial charge is 0.276 e. The van der Waals surface area contributed by atoms with Gasteiger partial charge >= 0.3 is 0 Å². The summed E-state index contributed by atoms with van der Waals surface area (Å²) in [6.07, 6.45) is 1.59. The minimum absolute atomic E-state index is 0.0400. The van der Waals surface area contributed by atoms with Crippen LogP contribution in [0.4, 0.5) is 4.39 Å². The van der Waals surface area contributed by atoms with Gasteiger partial charge in [-0.3, -0.25) is 19.3 Å². The molecule has 0 spiro atoms. The highest BCUT2D eigenvalue weighted by atomic mass is 19.1. The van der Waals surface area contributed by atoms with Gasteiger partial charge in [-0.2, -0.15) is 0 Å². The van der Waals surface area contributed by atoms with Gasteiger partial charge in [-0.05, 0) is 44.9 Å². The number of amides is 1. The Hall–Kier alpha value is -3.00. The number of aromatic nitrogens is 1. The summed E-state index contributed by atoms with van der Waals surface area (Å²) in [4.78, 5) is 42.5. The SMILES string of the molecule is CC(C)N1C[C@@H](C)N2C(=O)c3c(O)c(=O)c(C(=O)CCc4ccc(F)cc4)cn3C[C@H]12. The number of carbonyl (C=O) groups is 2. The van der Waals surface area contributed by atoms with E-state index < -0.39 is 22.9 Å². The molecule has 8 heteroatoms. The molecule has 1 aromatic carbocycles. The normalized spacial score (nSPS) is 20.8. The summed E-state index contributed by atoms with van der Waals surface area (Å²) in [5, 5.41) is 10.6. The zero-order valence-electron chi connectivity index (χ0n) is 17.8. The summed E-state index contributed by atoms with van der Waals surface area (Å²) >= 11 is 0. The van der Waals surface area contributed by atoms with Gasteiger partial charge in [0.15, 0.2) is 17.2 Å². The molecule has 0 saturated carbocycles. The van der Waals surface area contributed by atoms with Crippen LogP contribution in [0.3, 0.4) is 0 Å². The molecule has 3 heterocycles. The molecule has 4 rings (SSSR count). The van der Waals surface area contributed by atoms with E-state index in [-0.39, 0.29) is 41.7 Å². The fourth-order valence-corrected chi connectivity index (χ4v) is 4.61. The third kappa shape index (κ3) is 3.65. The summed E-state index contributed by atoms with van der Waals surface area (Å²) in [5.41, 5.74) is -0.245. The molecule has 1 amide bonds. The minimum Gasteiger partial charge on any atom is -0.503 e. The van der Waals surface area contributed by atoms with Gasteiger partial charge < -0.3 is 14.6 Å². The zero-order valence-corrected chi connectivity index (χ0v) is 17.8. The van der Waals surface area contributed by atoms with Crippen LogP contribution in [0.25, 0.3) is 0 Å². The van der Waals surface area contributed by atoms with Crippen molar-refractivity contribution in [3.63, 3.8) is 0 Å². The number of carbonyl (C=O) groups excluding carboxylic acids is 2. The van der Waals surface area contributed by atoms with Crippen LogP contribution in [-0.4, -0.2) is 56.0 Å². The van der Waals surface area contributed by atoms with E-state index in [1.807, 2.05) is 6.92 Å². The molecular weight excluding hydrogens is 401 g/mol. The largest absolute Gasteiger partial charge is 0.503 e. The third-order valence-corrected chi connectivity index (χ3v) is 6.22. The van der Waals surface area contributed by atoms with E-state index in [2.05, 4.69) is 18.7 Å². The van der Waals surface area contributed by atoms with E-state index in [9.17, 15) is 23.9 Å². The molecule has 0 bridgehead atoms. The van der Waals surface area contributed by atoms with Gasteiger partial charge in [0.05, 0.1) is 12.1 Å². The molecule has 1 fully saturated rings. The Morgan fingerprint density at radius 2 is 1.87 bits per heavy atom. The monoisotopic (exact) mass is 427 g/mol. The van der Waals surface area contributed by atoms with Crippen molar-refractivity contribution in [3.05, 3.63) is 63.3 Å².